The van der Waals surface area contributed by atoms with Crippen molar-refractivity contribution in [2.45, 2.75) is 82.8 Å². The van der Waals surface area contributed by atoms with Crippen molar-refractivity contribution in [3.8, 4) is 5.75 Å². The summed E-state index contributed by atoms with van der Waals surface area (Å²) in [6.07, 6.45) is -1.94. The number of hydrogen-bond acceptors (Lipinski definition) is 9. The van der Waals surface area contributed by atoms with Crippen molar-refractivity contribution < 1.29 is 43.3 Å². The Balaban J connectivity index is 1.38. The third-order valence-corrected chi connectivity index (χ3v) is 8.73. The molecule has 3 aromatic rings. The highest BCUT2D eigenvalue weighted by atomic mass is 16.6. The maximum absolute atomic E-state index is 13.7. The van der Waals surface area contributed by atoms with Crippen LogP contribution in [0.2, 0.25) is 0 Å². The molecule has 15 nitrogen and oxygen atoms in total. The Morgan fingerprint density at radius 2 is 1.53 bits per heavy atom. The number of nitrogens with zero attached hydrogens (tertiary/aromatic N) is 2. The van der Waals surface area contributed by atoms with Crippen LogP contribution in [-0.4, -0.2) is 95.6 Å². The summed E-state index contributed by atoms with van der Waals surface area (Å²) in [7, 11) is 1.55. The van der Waals surface area contributed by atoms with Crippen LogP contribution in [0, 0.1) is 0 Å². The van der Waals surface area contributed by atoms with Gasteiger partial charge in [0, 0.05) is 24.8 Å². The van der Waals surface area contributed by atoms with Crippen LogP contribution in [0.3, 0.4) is 0 Å². The van der Waals surface area contributed by atoms with Crippen LogP contribution in [0.15, 0.2) is 84.9 Å². The largest absolute Gasteiger partial charge is 0.484 e. The monoisotopic (exact) mass is 758 g/mol. The number of benzene rings is 3. The van der Waals surface area contributed by atoms with Crippen molar-refractivity contribution in [1.82, 2.24) is 20.9 Å². The number of nitrogens with two attached hydrogens (primary N) is 1. The zero-order valence-electron chi connectivity index (χ0n) is 31.5. The summed E-state index contributed by atoms with van der Waals surface area (Å²) in [6.45, 7) is 5.28. The van der Waals surface area contributed by atoms with Gasteiger partial charge in [0.1, 0.15) is 24.4 Å². The van der Waals surface area contributed by atoms with Crippen molar-refractivity contribution in [3.63, 3.8) is 0 Å². The minimum Gasteiger partial charge on any atom is -0.484 e. The number of ether oxygens (including phenoxy) is 2. The van der Waals surface area contributed by atoms with E-state index in [1.807, 2.05) is 51.1 Å². The molecule has 1 aliphatic heterocycles. The lowest BCUT2D eigenvalue weighted by atomic mass is 9.99. The van der Waals surface area contributed by atoms with Gasteiger partial charge >= 0.3 is 6.09 Å². The summed E-state index contributed by atoms with van der Waals surface area (Å²) >= 11 is 0. The average molecular weight is 759 g/mol. The second-order valence-corrected chi connectivity index (χ2v) is 14.4. The summed E-state index contributed by atoms with van der Waals surface area (Å²) < 4.78 is 10.9. The number of aliphatic hydroxyl groups is 1. The molecule has 0 unspecified atom stereocenters. The molecule has 0 spiro atoms. The van der Waals surface area contributed by atoms with Gasteiger partial charge in [-0.15, -0.1) is 0 Å². The van der Waals surface area contributed by atoms with E-state index in [1.165, 1.54) is 9.80 Å². The van der Waals surface area contributed by atoms with Gasteiger partial charge in [-0.1, -0.05) is 60.7 Å². The Bertz CT molecular complexity index is 1780. The van der Waals surface area contributed by atoms with Gasteiger partial charge in [0.15, 0.2) is 12.7 Å². The molecule has 1 aliphatic rings. The highest BCUT2D eigenvalue weighted by molar-refractivity contribution is 5.94. The Morgan fingerprint density at radius 1 is 0.909 bits per heavy atom. The minimum atomic E-state index is -1.77. The normalized spacial score (nSPS) is 15.5. The number of carbonyl (C=O) groups is 6. The predicted molar refractivity (Wildman–Crippen MR) is 203 cm³/mol. The SMILES string of the molecule is CN(C(=O)OCc1ccccc1)c1ccc(OCC(=O)N[C@@H](CC(N)=O)C(=O)N[C@@H](Cc2ccccc2)[C@H](O)C(=O)N2CCC[C@H]2C(=O)NC(C)(C)C)cc1. The third-order valence-electron chi connectivity index (χ3n) is 8.73. The highest BCUT2D eigenvalue weighted by Gasteiger charge is 2.41. The number of anilines is 1. The van der Waals surface area contributed by atoms with E-state index in [0.717, 1.165) is 5.56 Å². The topological polar surface area (TPSA) is 210 Å². The van der Waals surface area contributed by atoms with Crippen molar-refractivity contribution in [2.75, 3.05) is 25.1 Å². The zero-order valence-corrected chi connectivity index (χ0v) is 31.5. The summed E-state index contributed by atoms with van der Waals surface area (Å²) in [4.78, 5) is 80.5. The van der Waals surface area contributed by atoms with Gasteiger partial charge in [0.05, 0.1) is 12.5 Å². The standard InChI is InChI=1S/C40H50N6O9/c1-40(2,3)44-37(51)32-16-11-21-46(32)38(52)35(49)30(22-26-12-7-5-8-13-26)43-36(50)31(23-33(41)47)42-34(48)25-54-29-19-17-28(18-20-29)45(4)39(53)55-24-27-14-9-6-10-15-27/h5-10,12-15,17-20,30-32,35,49H,11,16,21-25H2,1-4H3,(H2,41,47)(H,42,48)(H,43,50)(H,44,51)/t30-,31-,32-,35-/m0/s1. The second-order valence-electron chi connectivity index (χ2n) is 14.4. The van der Waals surface area contributed by atoms with E-state index in [4.69, 9.17) is 15.2 Å². The second kappa shape index (κ2) is 19.4. The number of amides is 6. The van der Waals surface area contributed by atoms with Crippen molar-refractivity contribution in [3.05, 3.63) is 96.1 Å². The Kier molecular flexibility index (Phi) is 14.7. The summed E-state index contributed by atoms with van der Waals surface area (Å²) in [6, 6.07) is 20.9. The molecule has 4 rings (SSSR count). The first-order valence-electron chi connectivity index (χ1n) is 18.0. The molecule has 1 fully saturated rings. The molecule has 0 saturated carbocycles. The molecule has 3 aromatic carbocycles. The van der Waals surface area contributed by atoms with Crippen LogP contribution < -0.4 is 31.3 Å². The van der Waals surface area contributed by atoms with Crippen LogP contribution in [0.5, 0.6) is 5.75 Å². The maximum atomic E-state index is 13.7. The minimum absolute atomic E-state index is 0.0163. The maximum Gasteiger partial charge on any atom is 0.414 e. The summed E-state index contributed by atoms with van der Waals surface area (Å²) in [5, 5.41) is 19.4. The number of carbonyl (C=O) groups excluding carboxylic acids is 6. The number of aliphatic hydroxyl groups excluding tert-OH is 1. The fourth-order valence-electron chi connectivity index (χ4n) is 5.97. The number of likely N-dealkylation sites (tertiary alicyclic amines) is 1. The summed E-state index contributed by atoms with van der Waals surface area (Å²) in [5.74, 6) is -3.31. The summed E-state index contributed by atoms with van der Waals surface area (Å²) in [5.41, 5.74) is 6.93. The first-order valence-corrected chi connectivity index (χ1v) is 18.0. The van der Waals surface area contributed by atoms with E-state index in [-0.39, 0.29) is 31.2 Å². The molecule has 6 N–H and O–H groups in total. The first kappa shape index (κ1) is 41.8. The van der Waals surface area contributed by atoms with E-state index in [0.29, 0.717) is 24.1 Å². The van der Waals surface area contributed by atoms with E-state index in [2.05, 4.69) is 16.0 Å². The highest BCUT2D eigenvalue weighted by Crippen LogP contribution is 2.22. The van der Waals surface area contributed by atoms with E-state index < -0.39 is 72.5 Å². The lowest BCUT2D eigenvalue weighted by Crippen LogP contribution is -2.59. The smallest absolute Gasteiger partial charge is 0.414 e. The molecule has 0 aromatic heterocycles. The molecule has 1 saturated heterocycles. The van der Waals surface area contributed by atoms with Gasteiger partial charge in [0.25, 0.3) is 11.8 Å². The quantitative estimate of drug-likeness (QED) is 0.145. The molecule has 0 aliphatic carbocycles. The molecular weight excluding hydrogens is 708 g/mol. The zero-order chi connectivity index (χ0) is 40.1. The van der Waals surface area contributed by atoms with Gasteiger partial charge in [0.2, 0.25) is 17.7 Å². The van der Waals surface area contributed by atoms with Crippen LogP contribution in [-0.2, 0) is 41.7 Å². The molecule has 6 amide bonds. The molecule has 0 bridgehead atoms. The van der Waals surface area contributed by atoms with Crippen molar-refractivity contribution in [1.29, 1.82) is 0 Å². The molecule has 15 heteroatoms. The third kappa shape index (κ3) is 12.8. The lowest BCUT2D eigenvalue weighted by molar-refractivity contribution is -0.147. The van der Waals surface area contributed by atoms with Gasteiger partial charge in [-0.25, -0.2) is 4.79 Å². The van der Waals surface area contributed by atoms with E-state index >= 15 is 0 Å². The molecule has 4 atom stereocenters. The Morgan fingerprint density at radius 3 is 2.13 bits per heavy atom. The van der Waals surface area contributed by atoms with Crippen LogP contribution in [0.4, 0.5) is 10.5 Å². The van der Waals surface area contributed by atoms with Gasteiger partial charge in [-0.05, 0) is 75.4 Å². The average Bonchev–Trinajstić information content (AvgIpc) is 3.65. The molecule has 1 heterocycles. The van der Waals surface area contributed by atoms with Gasteiger partial charge in [-0.2, -0.15) is 0 Å². The number of rotatable bonds is 16. The fraction of sp³-hybridized carbons (Fsp3) is 0.400. The number of hydrogen-bond donors (Lipinski definition) is 5. The molecule has 0 radical (unpaired) electrons. The van der Waals surface area contributed by atoms with E-state index in [1.54, 1.807) is 61.6 Å². The van der Waals surface area contributed by atoms with Crippen molar-refractivity contribution in [2.24, 2.45) is 5.73 Å². The Labute approximate surface area is 320 Å². The molecule has 294 valence electrons. The van der Waals surface area contributed by atoms with Gasteiger partial charge < -0.3 is 41.2 Å². The van der Waals surface area contributed by atoms with Crippen molar-refractivity contribution >= 4 is 41.3 Å². The predicted octanol–water partition coefficient (Wildman–Crippen LogP) is 2.19. The molecular formula is C40H50N6O9. The lowest BCUT2D eigenvalue weighted by Gasteiger charge is -2.32. The van der Waals surface area contributed by atoms with Crippen LogP contribution in [0.1, 0.15) is 51.2 Å². The first-order chi connectivity index (χ1) is 26.1. The van der Waals surface area contributed by atoms with Gasteiger partial charge in [-0.3, -0.25) is 28.9 Å². The van der Waals surface area contributed by atoms with E-state index in [9.17, 15) is 33.9 Å². The molecule has 55 heavy (non-hydrogen) atoms. The van der Waals surface area contributed by atoms with Crippen LogP contribution >= 0.6 is 0 Å². The number of primary amides is 1. The number of nitrogens with one attached hydrogen (secondary N) is 3. The Hall–Kier alpha value is -5.96. The fourth-order valence-corrected chi connectivity index (χ4v) is 5.97. The van der Waals surface area contributed by atoms with Crippen LogP contribution in [0.25, 0.3) is 0 Å².